The molecule has 0 bridgehead atoms. The van der Waals surface area contributed by atoms with Crippen molar-refractivity contribution in [2.75, 3.05) is 24.6 Å². The summed E-state index contributed by atoms with van der Waals surface area (Å²) in [5.41, 5.74) is 0. The maximum atomic E-state index is 2.32. The fourth-order valence-corrected chi connectivity index (χ4v) is 19.8. The summed E-state index contributed by atoms with van der Waals surface area (Å²) < 4.78 is 0. The molecule has 5 heteroatoms. The van der Waals surface area contributed by atoms with Gasteiger partial charge < -0.3 is 0 Å². The fraction of sp³-hybridized carbons (Fsp3) is 0.0769. The van der Waals surface area contributed by atoms with Crippen molar-refractivity contribution in [1.29, 1.82) is 0 Å². The summed E-state index contributed by atoms with van der Waals surface area (Å²) in [6, 6.07) is 89.0. The minimum absolute atomic E-state index is 0. The van der Waals surface area contributed by atoms with E-state index in [-0.39, 0.29) is 16.5 Å². The Balaban J connectivity index is 0.000000189. The molecule has 0 fully saturated rings. The first-order valence-corrected chi connectivity index (χ1v) is 26.5. The van der Waals surface area contributed by atoms with Crippen LogP contribution in [0.4, 0.5) is 0 Å². The first-order valence-electron chi connectivity index (χ1n) is 19.7. The molecule has 8 rings (SSSR count). The molecule has 0 saturated heterocycles. The molecule has 0 amide bonds. The van der Waals surface area contributed by atoms with Gasteiger partial charge in [0.1, 0.15) is 24.6 Å². The molecule has 0 aromatic heterocycles. The van der Waals surface area contributed by atoms with Gasteiger partial charge in [0.05, 0.1) is 74.1 Å². The van der Waals surface area contributed by atoms with E-state index >= 15 is 0 Å². The van der Waals surface area contributed by atoms with Crippen molar-refractivity contribution in [3.8, 4) is 0 Å². The zero-order valence-corrected chi connectivity index (χ0v) is 37.2. The van der Waals surface area contributed by atoms with Crippen molar-refractivity contribution in [2.24, 2.45) is 0 Å². The molecule has 0 nitrogen and oxygen atoms in total. The SMILES string of the molecule is [Ni+2].c1ccc([PH+](CC[PH+](c2ccccc2)c2ccccc2)c2ccccc2)cc1.c1ccc([PH+](CC[PH+](c2ccccc2)c2ccccc2)c2ccccc2)cc1. The van der Waals surface area contributed by atoms with Crippen LogP contribution < -0.4 is 42.4 Å². The van der Waals surface area contributed by atoms with Gasteiger partial charge in [0.25, 0.3) is 0 Å². The van der Waals surface area contributed by atoms with Gasteiger partial charge >= 0.3 is 16.5 Å². The smallest absolute Gasteiger partial charge is 0.0620 e. The summed E-state index contributed by atoms with van der Waals surface area (Å²) >= 11 is 0. The molecule has 0 unspecified atom stereocenters. The van der Waals surface area contributed by atoms with Crippen LogP contribution >= 0.6 is 31.7 Å². The van der Waals surface area contributed by atoms with Crippen molar-refractivity contribution < 1.29 is 16.5 Å². The standard InChI is InChI=1S/2C26H24P2.Ni/c2*1-5-13-23(14-6-1)27(24-15-7-2-8-16-24)21-22-28(25-17-9-3-10-18-25)26-19-11-4-12-20-26;/h2*1-20H,21-22H2;/q;;+2/p+4. The third kappa shape index (κ3) is 12.5. The third-order valence-corrected chi connectivity index (χ3v) is 22.5. The normalized spacial score (nSPS) is 10.9. The van der Waals surface area contributed by atoms with Gasteiger partial charge in [0.15, 0.2) is 0 Å². The van der Waals surface area contributed by atoms with Gasteiger partial charge in [-0.05, 0) is 97.1 Å². The molecule has 0 aliphatic carbocycles. The summed E-state index contributed by atoms with van der Waals surface area (Å²) in [5.74, 6) is 0. The van der Waals surface area contributed by atoms with Crippen molar-refractivity contribution in [2.45, 2.75) is 0 Å². The Hall–Kier alpha value is -4.03. The molecule has 0 aliphatic heterocycles. The number of benzene rings is 8. The molecule has 0 radical (unpaired) electrons. The Bertz CT molecular complexity index is 1760. The van der Waals surface area contributed by atoms with Gasteiger partial charge in [-0.3, -0.25) is 0 Å². The van der Waals surface area contributed by atoms with Crippen LogP contribution in [0, 0.1) is 0 Å². The molecule has 0 heterocycles. The van der Waals surface area contributed by atoms with E-state index in [1.54, 1.807) is 0 Å². The molecule has 57 heavy (non-hydrogen) atoms. The first kappa shape index (κ1) is 42.6. The Labute approximate surface area is 355 Å². The molecule has 0 atom stereocenters. The average molecular weight is 860 g/mol. The number of hydrogen-bond donors (Lipinski definition) is 0. The Morgan fingerprint density at radius 1 is 0.175 bits per heavy atom. The summed E-state index contributed by atoms with van der Waals surface area (Å²) in [6.07, 6.45) is 5.04. The largest absolute Gasteiger partial charge is 2.00 e. The molecular formula is C52H52NiP4+6. The quantitative estimate of drug-likeness (QED) is 0.0756. The topological polar surface area (TPSA) is 0 Å². The monoisotopic (exact) mass is 858 g/mol. The van der Waals surface area contributed by atoms with Crippen LogP contribution in [-0.2, 0) is 16.5 Å². The van der Waals surface area contributed by atoms with Crippen LogP contribution in [0.25, 0.3) is 0 Å². The van der Waals surface area contributed by atoms with Gasteiger partial charge in [0, 0.05) is 0 Å². The van der Waals surface area contributed by atoms with E-state index in [1.165, 1.54) is 67.1 Å². The first-order chi connectivity index (χ1) is 27.8. The predicted molar refractivity (Wildman–Crippen MR) is 261 cm³/mol. The summed E-state index contributed by atoms with van der Waals surface area (Å²) in [4.78, 5) is 0. The number of hydrogen-bond acceptors (Lipinski definition) is 0. The third-order valence-electron chi connectivity index (χ3n) is 10.2. The summed E-state index contributed by atoms with van der Waals surface area (Å²) in [6.45, 7) is 0. The molecule has 0 aliphatic rings. The zero-order valence-electron chi connectivity index (χ0n) is 32.2. The van der Waals surface area contributed by atoms with E-state index in [4.69, 9.17) is 0 Å². The van der Waals surface area contributed by atoms with Gasteiger partial charge in [-0.2, -0.15) is 0 Å². The zero-order chi connectivity index (χ0) is 38.0. The Morgan fingerprint density at radius 2 is 0.281 bits per heavy atom. The van der Waals surface area contributed by atoms with Crippen LogP contribution in [0.15, 0.2) is 243 Å². The Kier molecular flexibility index (Phi) is 17.5. The van der Waals surface area contributed by atoms with Crippen molar-refractivity contribution in [3.05, 3.63) is 243 Å². The second-order valence-electron chi connectivity index (χ2n) is 13.8. The molecule has 284 valence electrons. The maximum absolute atomic E-state index is 2.32. The van der Waals surface area contributed by atoms with Crippen LogP contribution in [0.5, 0.6) is 0 Å². The maximum Gasteiger partial charge on any atom is 2.00 e. The minimum Gasteiger partial charge on any atom is -0.0620 e. The van der Waals surface area contributed by atoms with Crippen LogP contribution in [0.3, 0.4) is 0 Å². The second kappa shape index (κ2) is 23.4. The Morgan fingerprint density at radius 3 is 0.386 bits per heavy atom. The molecule has 0 spiro atoms. The van der Waals surface area contributed by atoms with E-state index in [2.05, 4.69) is 243 Å². The van der Waals surface area contributed by atoms with Gasteiger partial charge in [-0.25, -0.2) is 0 Å². The van der Waals surface area contributed by atoms with Gasteiger partial charge in [-0.15, -0.1) is 0 Å². The summed E-state index contributed by atoms with van der Waals surface area (Å²) in [7, 11) is -3.13. The molecular weight excluding hydrogens is 807 g/mol. The molecule has 8 aromatic carbocycles. The molecule has 8 aromatic rings. The minimum atomic E-state index is -0.783. The van der Waals surface area contributed by atoms with Crippen molar-refractivity contribution in [3.63, 3.8) is 0 Å². The van der Waals surface area contributed by atoms with E-state index in [0.717, 1.165) is 0 Å². The van der Waals surface area contributed by atoms with Crippen LogP contribution in [-0.4, -0.2) is 24.6 Å². The van der Waals surface area contributed by atoms with Crippen LogP contribution in [0.2, 0.25) is 0 Å². The second-order valence-corrected chi connectivity index (χ2v) is 24.3. The molecule has 0 saturated carbocycles. The van der Waals surface area contributed by atoms with Crippen LogP contribution in [0.1, 0.15) is 0 Å². The van der Waals surface area contributed by atoms with Crippen molar-refractivity contribution >= 4 is 74.1 Å². The van der Waals surface area contributed by atoms with Gasteiger partial charge in [-0.1, -0.05) is 146 Å². The van der Waals surface area contributed by atoms with Gasteiger partial charge in [0.2, 0.25) is 0 Å². The van der Waals surface area contributed by atoms with E-state index in [9.17, 15) is 0 Å². The predicted octanol–water partition coefficient (Wildman–Crippen LogP) is 9.43. The van der Waals surface area contributed by atoms with Crippen molar-refractivity contribution in [1.82, 2.24) is 0 Å². The van der Waals surface area contributed by atoms with E-state index in [0.29, 0.717) is 0 Å². The number of rotatable bonds is 14. The molecule has 0 N–H and O–H groups in total. The summed E-state index contributed by atoms with van der Waals surface area (Å²) in [5, 5.41) is 12.1. The average Bonchev–Trinajstić information content (AvgIpc) is 3.29. The fourth-order valence-electron chi connectivity index (χ4n) is 7.44. The van der Waals surface area contributed by atoms with E-state index in [1.807, 2.05) is 0 Å². The van der Waals surface area contributed by atoms with E-state index < -0.39 is 31.7 Å².